The molecule has 1 aromatic heterocycles. The summed E-state index contributed by atoms with van der Waals surface area (Å²) in [6, 6.07) is 4.65. The Bertz CT molecular complexity index is 538. The van der Waals surface area contributed by atoms with Crippen molar-refractivity contribution in [2.24, 2.45) is 0 Å². The Kier molecular flexibility index (Phi) is 3.47. The molecule has 2 rings (SSSR count). The number of aromatic amines is 1. The largest absolute Gasteiger partial charge is 0.495 e. The third kappa shape index (κ3) is 2.60. The van der Waals surface area contributed by atoms with Gasteiger partial charge in [0, 0.05) is 12.4 Å². The van der Waals surface area contributed by atoms with Crippen LogP contribution in [0.4, 0.5) is 5.69 Å². The summed E-state index contributed by atoms with van der Waals surface area (Å²) in [4.78, 5) is 17.9. The van der Waals surface area contributed by atoms with Gasteiger partial charge in [0.1, 0.15) is 11.6 Å². The minimum Gasteiger partial charge on any atom is -0.495 e. The second-order valence-corrected chi connectivity index (χ2v) is 3.61. The maximum atomic E-state index is 10.9. The van der Waals surface area contributed by atoms with Gasteiger partial charge in [-0.1, -0.05) is 0 Å². The molecule has 2 aromatic rings. The highest BCUT2D eigenvalue weighted by Gasteiger charge is 2.09. The van der Waals surface area contributed by atoms with E-state index in [4.69, 9.17) is 9.84 Å². The molecule has 94 valence electrons. The van der Waals surface area contributed by atoms with Gasteiger partial charge in [0.25, 0.3) is 0 Å². The van der Waals surface area contributed by atoms with Crippen LogP contribution in [0.5, 0.6) is 5.75 Å². The average molecular weight is 247 g/mol. The van der Waals surface area contributed by atoms with Crippen LogP contribution in [-0.4, -0.2) is 28.2 Å². The molecule has 3 N–H and O–H groups in total. The van der Waals surface area contributed by atoms with Crippen molar-refractivity contribution >= 4 is 11.7 Å². The van der Waals surface area contributed by atoms with Crippen molar-refractivity contribution in [3.05, 3.63) is 42.0 Å². The first kappa shape index (κ1) is 12.0. The molecule has 0 amide bonds. The molecule has 6 nitrogen and oxygen atoms in total. The minimum absolute atomic E-state index is 0.206. The highest BCUT2D eigenvalue weighted by Crippen LogP contribution is 2.25. The molecule has 1 aromatic carbocycles. The summed E-state index contributed by atoms with van der Waals surface area (Å²) in [6.07, 6.45) is 3.38. The lowest BCUT2D eigenvalue weighted by Crippen LogP contribution is -2.05. The van der Waals surface area contributed by atoms with Crippen LogP contribution >= 0.6 is 0 Å². The van der Waals surface area contributed by atoms with E-state index in [9.17, 15) is 4.79 Å². The molecular formula is C12H13N3O3. The zero-order valence-electron chi connectivity index (χ0n) is 9.80. The first-order valence-corrected chi connectivity index (χ1v) is 5.34. The van der Waals surface area contributed by atoms with E-state index in [1.165, 1.54) is 19.2 Å². The van der Waals surface area contributed by atoms with Crippen LogP contribution in [0.2, 0.25) is 0 Å². The van der Waals surface area contributed by atoms with Gasteiger partial charge in [0.05, 0.1) is 24.9 Å². The summed E-state index contributed by atoms with van der Waals surface area (Å²) in [5.74, 6) is 0.378. The van der Waals surface area contributed by atoms with E-state index >= 15 is 0 Å². The number of carboxylic acids is 1. The van der Waals surface area contributed by atoms with E-state index in [1.807, 2.05) is 0 Å². The number of H-pyrrole nitrogens is 1. The van der Waals surface area contributed by atoms with Crippen LogP contribution in [0.1, 0.15) is 16.2 Å². The maximum absolute atomic E-state index is 10.9. The minimum atomic E-state index is -0.973. The number of rotatable bonds is 5. The highest BCUT2D eigenvalue weighted by molar-refractivity contribution is 5.89. The second kappa shape index (κ2) is 5.22. The summed E-state index contributed by atoms with van der Waals surface area (Å²) in [6.45, 7) is 0.465. The van der Waals surface area contributed by atoms with E-state index in [-0.39, 0.29) is 5.56 Å². The Morgan fingerprint density at radius 1 is 1.56 bits per heavy atom. The fourth-order valence-electron chi connectivity index (χ4n) is 1.55. The normalized spacial score (nSPS) is 10.1. The highest BCUT2D eigenvalue weighted by atomic mass is 16.5. The SMILES string of the molecule is COc1ccc(C(=O)O)cc1NCc1ncc[nH]1. The summed E-state index contributed by atoms with van der Waals surface area (Å²) < 4.78 is 5.16. The lowest BCUT2D eigenvalue weighted by molar-refractivity contribution is 0.0697. The molecule has 0 saturated carbocycles. The quantitative estimate of drug-likeness (QED) is 0.749. The number of anilines is 1. The first-order chi connectivity index (χ1) is 8.70. The topological polar surface area (TPSA) is 87.2 Å². The van der Waals surface area contributed by atoms with Crippen LogP contribution in [0.25, 0.3) is 0 Å². The number of hydrogen-bond acceptors (Lipinski definition) is 4. The molecule has 0 saturated heterocycles. The molecule has 0 radical (unpaired) electrons. The molecular weight excluding hydrogens is 234 g/mol. The Balaban J connectivity index is 2.18. The number of nitrogens with one attached hydrogen (secondary N) is 2. The smallest absolute Gasteiger partial charge is 0.335 e. The molecule has 0 aliphatic rings. The number of carbonyl (C=O) groups is 1. The number of aromatic nitrogens is 2. The second-order valence-electron chi connectivity index (χ2n) is 3.61. The Morgan fingerprint density at radius 3 is 3.00 bits per heavy atom. The van der Waals surface area contributed by atoms with Crippen molar-refractivity contribution in [1.82, 2.24) is 9.97 Å². The van der Waals surface area contributed by atoms with E-state index < -0.39 is 5.97 Å². The number of nitrogens with zero attached hydrogens (tertiary/aromatic N) is 1. The van der Waals surface area contributed by atoms with Gasteiger partial charge in [-0.15, -0.1) is 0 Å². The van der Waals surface area contributed by atoms with Gasteiger partial charge in [0.15, 0.2) is 0 Å². The van der Waals surface area contributed by atoms with Gasteiger partial charge >= 0.3 is 5.97 Å². The fourth-order valence-corrected chi connectivity index (χ4v) is 1.55. The zero-order valence-corrected chi connectivity index (χ0v) is 9.80. The molecule has 0 spiro atoms. The lowest BCUT2D eigenvalue weighted by Gasteiger charge is -2.10. The monoisotopic (exact) mass is 247 g/mol. The van der Waals surface area contributed by atoms with Crippen LogP contribution in [0, 0.1) is 0 Å². The predicted molar refractivity (Wildman–Crippen MR) is 65.9 cm³/mol. The maximum Gasteiger partial charge on any atom is 0.335 e. The number of ether oxygens (including phenoxy) is 1. The van der Waals surface area contributed by atoms with Crippen molar-refractivity contribution in [3.8, 4) is 5.75 Å². The van der Waals surface area contributed by atoms with Crippen molar-refractivity contribution in [1.29, 1.82) is 0 Å². The van der Waals surface area contributed by atoms with Crippen molar-refractivity contribution in [3.63, 3.8) is 0 Å². The number of imidazole rings is 1. The first-order valence-electron chi connectivity index (χ1n) is 5.34. The molecule has 6 heteroatoms. The molecule has 0 unspecified atom stereocenters. The molecule has 1 heterocycles. The van der Waals surface area contributed by atoms with Gasteiger partial charge in [-0.05, 0) is 18.2 Å². The summed E-state index contributed by atoms with van der Waals surface area (Å²) >= 11 is 0. The molecule has 0 atom stereocenters. The lowest BCUT2D eigenvalue weighted by atomic mass is 10.2. The number of benzene rings is 1. The standard InChI is InChI=1S/C12H13N3O3/c1-18-10-3-2-8(12(16)17)6-9(10)15-7-11-13-4-5-14-11/h2-6,15H,7H2,1H3,(H,13,14)(H,16,17). The Labute approximate surface area is 104 Å². The predicted octanol–water partition coefficient (Wildman–Crippen LogP) is 1.73. The van der Waals surface area contributed by atoms with E-state index in [0.29, 0.717) is 18.0 Å². The molecule has 0 aliphatic heterocycles. The van der Waals surface area contributed by atoms with Crippen molar-refractivity contribution < 1.29 is 14.6 Å². The van der Waals surface area contributed by atoms with Gasteiger partial charge in [-0.3, -0.25) is 0 Å². The Hall–Kier alpha value is -2.50. The number of hydrogen-bond donors (Lipinski definition) is 3. The molecule has 0 bridgehead atoms. The van der Waals surface area contributed by atoms with Gasteiger partial charge < -0.3 is 20.1 Å². The molecule has 0 fully saturated rings. The van der Waals surface area contributed by atoms with E-state index in [2.05, 4.69) is 15.3 Å². The van der Waals surface area contributed by atoms with Gasteiger partial charge in [-0.2, -0.15) is 0 Å². The van der Waals surface area contributed by atoms with Crippen molar-refractivity contribution in [2.75, 3.05) is 12.4 Å². The summed E-state index contributed by atoms with van der Waals surface area (Å²) in [7, 11) is 1.54. The summed E-state index contributed by atoms with van der Waals surface area (Å²) in [5, 5.41) is 12.0. The third-order valence-electron chi connectivity index (χ3n) is 2.45. The Morgan fingerprint density at radius 2 is 2.39 bits per heavy atom. The molecule has 18 heavy (non-hydrogen) atoms. The third-order valence-corrected chi connectivity index (χ3v) is 2.45. The van der Waals surface area contributed by atoms with Gasteiger partial charge in [0.2, 0.25) is 0 Å². The van der Waals surface area contributed by atoms with Crippen LogP contribution in [0.3, 0.4) is 0 Å². The van der Waals surface area contributed by atoms with E-state index in [0.717, 1.165) is 5.82 Å². The average Bonchev–Trinajstić information content (AvgIpc) is 2.89. The fraction of sp³-hybridized carbons (Fsp3) is 0.167. The zero-order chi connectivity index (χ0) is 13.0. The van der Waals surface area contributed by atoms with Crippen LogP contribution < -0.4 is 10.1 Å². The number of aromatic carboxylic acids is 1. The summed E-state index contributed by atoms with van der Waals surface area (Å²) in [5.41, 5.74) is 0.826. The number of methoxy groups -OCH3 is 1. The van der Waals surface area contributed by atoms with Crippen LogP contribution in [0.15, 0.2) is 30.6 Å². The van der Waals surface area contributed by atoms with Crippen LogP contribution in [-0.2, 0) is 6.54 Å². The van der Waals surface area contributed by atoms with Gasteiger partial charge in [-0.25, -0.2) is 9.78 Å². The number of carboxylic acid groups (broad SMARTS) is 1. The molecule has 0 aliphatic carbocycles. The van der Waals surface area contributed by atoms with Crippen molar-refractivity contribution in [2.45, 2.75) is 6.54 Å². The van der Waals surface area contributed by atoms with E-state index in [1.54, 1.807) is 18.5 Å².